The van der Waals surface area contributed by atoms with E-state index < -0.39 is 18.3 Å². The van der Waals surface area contributed by atoms with Gasteiger partial charge in [-0.25, -0.2) is 0 Å². The highest BCUT2D eigenvalue weighted by Gasteiger charge is 2.46. The number of nitrogens with one attached hydrogen (secondary N) is 1. The Balaban J connectivity index is 2.31. The maximum atomic E-state index is 12.5. The van der Waals surface area contributed by atoms with E-state index in [1.807, 2.05) is 0 Å². The normalized spacial score (nSPS) is 25.9. The molecular formula is C8H11F3N4. The second-order valence-corrected chi connectivity index (χ2v) is 3.66. The van der Waals surface area contributed by atoms with Crippen LogP contribution in [0.4, 0.5) is 18.9 Å². The zero-order valence-electron chi connectivity index (χ0n) is 8.04. The molecule has 2 atom stereocenters. The minimum atomic E-state index is -4.33. The molecule has 0 aromatic carbocycles. The molecule has 0 radical (unpaired) electrons. The van der Waals surface area contributed by atoms with Crippen LogP contribution in [0, 0.1) is 0 Å². The standard InChI is InChI=1S/C8H11F3N4/c1-15-6-2-4(12)7(8(9,10)11)14-5(6)3-13-15/h3-4,7,14H,2,12H2,1H3. The predicted octanol–water partition coefficient (Wildman–Crippen LogP) is 0.646. The predicted molar refractivity (Wildman–Crippen MR) is 48.4 cm³/mol. The summed E-state index contributed by atoms with van der Waals surface area (Å²) in [7, 11) is 1.68. The zero-order chi connectivity index (χ0) is 11.2. The first-order valence-electron chi connectivity index (χ1n) is 4.49. The first-order chi connectivity index (χ1) is 6.89. The maximum Gasteiger partial charge on any atom is 0.410 e. The van der Waals surface area contributed by atoms with Gasteiger partial charge < -0.3 is 11.1 Å². The van der Waals surface area contributed by atoms with Gasteiger partial charge in [0.15, 0.2) is 0 Å². The monoisotopic (exact) mass is 220 g/mol. The van der Waals surface area contributed by atoms with Crippen LogP contribution in [0.2, 0.25) is 0 Å². The van der Waals surface area contributed by atoms with Crippen LogP contribution in [0.25, 0.3) is 0 Å². The van der Waals surface area contributed by atoms with Crippen molar-refractivity contribution in [3.05, 3.63) is 11.9 Å². The van der Waals surface area contributed by atoms with Crippen LogP contribution in [0.1, 0.15) is 5.69 Å². The van der Waals surface area contributed by atoms with Crippen LogP contribution in [0.15, 0.2) is 6.20 Å². The van der Waals surface area contributed by atoms with Crippen molar-refractivity contribution in [2.45, 2.75) is 24.7 Å². The molecule has 0 spiro atoms. The Morgan fingerprint density at radius 3 is 2.87 bits per heavy atom. The number of aryl methyl sites for hydroxylation is 1. The molecule has 15 heavy (non-hydrogen) atoms. The first-order valence-corrected chi connectivity index (χ1v) is 4.49. The van der Waals surface area contributed by atoms with Crippen LogP contribution in [0.3, 0.4) is 0 Å². The molecule has 0 amide bonds. The summed E-state index contributed by atoms with van der Waals surface area (Å²) >= 11 is 0. The fraction of sp³-hybridized carbons (Fsp3) is 0.625. The maximum absolute atomic E-state index is 12.5. The number of fused-ring (bicyclic) bond motifs is 1. The van der Waals surface area contributed by atoms with Gasteiger partial charge in [-0.2, -0.15) is 18.3 Å². The number of alkyl halides is 3. The van der Waals surface area contributed by atoms with E-state index in [4.69, 9.17) is 5.73 Å². The lowest BCUT2D eigenvalue weighted by Crippen LogP contribution is -2.53. The van der Waals surface area contributed by atoms with E-state index in [0.717, 1.165) is 0 Å². The fourth-order valence-corrected chi connectivity index (χ4v) is 1.77. The van der Waals surface area contributed by atoms with E-state index in [9.17, 15) is 13.2 Å². The van der Waals surface area contributed by atoms with E-state index in [2.05, 4.69) is 10.4 Å². The molecule has 0 aliphatic carbocycles. The number of nitrogens with zero attached hydrogens (tertiary/aromatic N) is 2. The second kappa shape index (κ2) is 3.13. The van der Waals surface area contributed by atoms with Gasteiger partial charge in [-0.15, -0.1) is 0 Å². The molecule has 0 saturated carbocycles. The van der Waals surface area contributed by atoms with Crippen molar-refractivity contribution >= 4 is 5.69 Å². The van der Waals surface area contributed by atoms with Crippen molar-refractivity contribution in [3.63, 3.8) is 0 Å². The Bertz CT molecular complexity index is 370. The minimum Gasteiger partial charge on any atom is -0.370 e. The highest BCUT2D eigenvalue weighted by molar-refractivity contribution is 5.51. The Hall–Kier alpha value is -1.24. The van der Waals surface area contributed by atoms with Crippen molar-refractivity contribution < 1.29 is 13.2 Å². The zero-order valence-corrected chi connectivity index (χ0v) is 8.04. The highest BCUT2D eigenvalue weighted by atomic mass is 19.4. The van der Waals surface area contributed by atoms with Crippen LogP contribution >= 0.6 is 0 Å². The Morgan fingerprint density at radius 1 is 1.60 bits per heavy atom. The van der Waals surface area contributed by atoms with E-state index in [1.165, 1.54) is 10.9 Å². The Kier molecular flexibility index (Phi) is 2.14. The van der Waals surface area contributed by atoms with E-state index in [0.29, 0.717) is 11.4 Å². The summed E-state index contributed by atoms with van der Waals surface area (Å²) in [5.41, 5.74) is 6.61. The fourth-order valence-electron chi connectivity index (χ4n) is 1.77. The molecule has 0 saturated heterocycles. The number of hydrogen-bond acceptors (Lipinski definition) is 3. The molecule has 7 heteroatoms. The second-order valence-electron chi connectivity index (χ2n) is 3.66. The Labute approximate surface area is 84.2 Å². The van der Waals surface area contributed by atoms with E-state index in [1.54, 1.807) is 7.05 Å². The molecule has 1 aliphatic heterocycles. The van der Waals surface area contributed by atoms with Crippen molar-refractivity contribution in [1.29, 1.82) is 0 Å². The minimum absolute atomic E-state index is 0.184. The summed E-state index contributed by atoms with van der Waals surface area (Å²) in [5.74, 6) is 0. The molecular weight excluding hydrogens is 209 g/mol. The van der Waals surface area contributed by atoms with Crippen LogP contribution in [-0.4, -0.2) is 28.0 Å². The van der Waals surface area contributed by atoms with E-state index >= 15 is 0 Å². The first kappa shape index (κ1) is 10.3. The van der Waals surface area contributed by atoms with Gasteiger partial charge in [-0.05, 0) is 0 Å². The lowest BCUT2D eigenvalue weighted by atomic mass is 9.98. The smallest absolute Gasteiger partial charge is 0.370 e. The number of anilines is 1. The van der Waals surface area contributed by atoms with Crippen molar-refractivity contribution in [1.82, 2.24) is 9.78 Å². The summed E-state index contributed by atoms with van der Waals surface area (Å²) in [6, 6.07) is -2.65. The van der Waals surface area contributed by atoms with Gasteiger partial charge in [0, 0.05) is 19.5 Å². The van der Waals surface area contributed by atoms with Crippen LogP contribution in [-0.2, 0) is 13.5 Å². The summed E-state index contributed by atoms with van der Waals surface area (Å²) in [5, 5.41) is 6.25. The van der Waals surface area contributed by atoms with Gasteiger partial charge in [0.2, 0.25) is 0 Å². The van der Waals surface area contributed by atoms with Gasteiger partial charge in [0.25, 0.3) is 0 Å². The molecule has 0 bridgehead atoms. The third kappa shape index (κ3) is 1.67. The number of nitrogens with two attached hydrogens (primary N) is 1. The number of aromatic nitrogens is 2. The summed E-state index contributed by atoms with van der Waals surface area (Å²) in [6.07, 6.45) is -2.75. The van der Waals surface area contributed by atoms with Crippen molar-refractivity contribution in [3.8, 4) is 0 Å². The van der Waals surface area contributed by atoms with Gasteiger partial charge >= 0.3 is 6.18 Å². The molecule has 4 nitrogen and oxygen atoms in total. The SMILES string of the molecule is Cn1ncc2c1CC(N)C(C(F)(F)F)N2. The quantitative estimate of drug-likeness (QED) is 0.674. The molecule has 2 heterocycles. The largest absolute Gasteiger partial charge is 0.410 e. The van der Waals surface area contributed by atoms with Crippen molar-refractivity contribution in [2.75, 3.05) is 5.32 Å². The molecule has 1 aromatic heterocycles. The molecule has 2 unspecified atom stereocenters. The van der Waals surface area contributed by atoms with Crippen molar-refractivity contribution in [2.24, 2.45) is 12.8 Å². The van der Waals surface area contributed by atoms with Gasteiger partial charge in [-0.3, -0.25) is 4.68 Å². The number of rotatable bonds is 0. The topological polar surface area (TPSA) is 55.9 Å². The average Bonchev–Trinajstić information content (AvgIpc) is 2.45. The van der Waals surface area contributed by atoms with Crippen LogP contribution < -0.4 is 11.1 Å². The third-order valence-electron chi connectivity index (χ3n) is 2.58. The third-order valence-corrected chi connectivity index (χ3v) is 2.58. The lowest BCUT2D eigenvalue weighted by Gasteiger charge is -2.32. The lowest BCUT2D eigenvalue weighted by molar-refractivity contribution is -0.147. The molecule has 2 rings (SSSR count). The molecule has 1 aromatic rings. The molecule has 0 fully saturated rings. The summed E-state index contributed by atoms with van der Waals surface area (Å²) in [4.78, 5) is 0. The van der Waals surface area contributed by atoms with Gasteiger partial charge in [-0.1, -0.05) is 0 Å². The average molecular weight is 220 g/mol. The van der Waals surface area contributed by atoms with E-state index in [-0.39, 0.29) is 6.42 Å². The highest BCUT2D eigenvalue weighted by Crippen LogP contribution is 2.32. The van der Waals surface area contributed by atoms with Gasteiger partial charge in [0.05, 0.1) is 17.6 Å². The Morgan fingerprint density at radius 2 is 2.27 bits per heavy atom. The number of hydrogen-bond donors (Lipinski definition) is 2. The molecule has 3 N–H and O–H groups in total. The van der Waals surface area contributed by atoms with Gasteiger partial charge in [0.1, 0.15) is 6.04 Å². The number of halogens is 3. The summed E-state index contributed by atoms with van der Waals surface area (Å²) < 4.78 is 39.1. The summed E-state index contributed by atoms with van der Waals surface area (Å²) in [6.45, 7) is 0. The molecule has 84 valence electrons. The van der Waals surface area contributed by atoms with Crippen LogP contribution in [0.5, 0.6) is 0 Å². The molecule has 1 aliphatic rings.